The van der Waals surface area contributed by atoms with Crippen LogP contribution in [0.3, 0.4) is 0 Å². The zero-order valence-electron chi connectivity index (χ0n) is 10.6. The van der Waals surface area contributed by atoms with Crippen molar-refractivity contribution >= 4 is 22.3 Å². The van der Waals surface area contributed by atoms with Crippen LogP contribution in [0.15, 0.2) is 0 Å². The van der Waals surface area contributed by atoms with Crippen LogP contribution in [-0.4, -0.2) is 37.1 Å². The summed E-state index contributed by atoms with van der Waals surface area (Å²) >= 11 is 1.58. The number of carbonyl (C=O) groups excluding carboxylic acids is 1. The van der Waals surface area contributed by atoms with E-state index in [2.05, 4.69) is 9.88 Å². The van der Waals surface area contributed by atoms with Crippen LogP contribution in [0.5, 0.6) is 0 Å². The van der Waals surface area contributed by atoms with Crippen molar-refractivity contribution in [1.82, 2.24) is 4.98 Å². The minimum atomic E-state index is 0.280. The van der Waals surface area contributed by atoms with Crippen molar-refractivity contribution < 1.29 is 9.53 Å². The molecule has 3 rings (SSSR count). The number of hydrogen-bond donors (Lipinski definition) is 0. The molecule has 0 aliphatic heterocycles. The van der Waals surface area contributed by atoms with E-state index in [-0.39, 0.29) is 5.78 Å². The maximum Gasteiger partial charge on any atom is 0.186 e. The number of carbonyl (C=O) groups is 1. The van der Waals surface area contributed by atoms with Gasteiger partial charge >= 0.3 is 0 Å². The average molecular weight is 266 g/mol. The van der Waals surface area contributed by atoms with Gasteiger partial charge in [-0.05, 0) is 25.7 Å². The third kappa shape index (κ3) is 2.29. The molecule has 1 aromatic heterocycles. The van der Waals surface area contributed by atoms with Crippen molar-refractivity contribution in [3.8, 4) is 0 Å². The van der Waals surface area contributed by atoms with Crippen LogP contribution in [0.4, 0.5) is 5.13 Å². The molecular formula is C13H18N2O2S. The Morgan fingerprint density at radius 3 is 2.94 bits per heavy atom. The fourth-order valence-corrected chi connectivity index (χ4v) is 3.57. The van der Waals surface area contributed by atoms with Crippen molar-refractivity contribution in [3.63, 3.8) is 0 Å². The molecule has 0 aromatic carbocycles. The number of hydrogen-bond acceptors (Lipinski definition) is 5. The van der Waals surface area contributed by atoms with Crippen LogP contribution in [0, 0.1) is 0 Å². The molecule has 1 fully saturated rings. The second kappa shape index (κ2) is 4.97. The summed E-state index contributed by atoms with van der Waals surface area (Å²) in [7, 11) is 1.72. The minimum absolute atomic E-state index is 0.280. The Bertz CT molecular complexity index is 454. The second-order valence-corrected chi connectivity index (χ2v) is 5.94. The molecule has 0 bridgehead atoms. The summed E-state index contributed by atoms with van der Waals surface area (Å²) < 4.78 is 5.16. The van der Waals surface area contributed by atoms with Crippen molar-refractivity contribution in [3.05, 3.63) is 10.6 Å². The summed E-state index contributed by atoms with van der Waals surface area (Å²) in [6, 6.07) is 0.614. The number of rotatable bonds is 5. The van der Waals surface area contributed by atoms with E-state index < -0.39 is 0 Å². The smallest absolute Gasteiger partial charge is 0.186 e. The van der Waals surface area contributed by atoms with Gasteiger partial charge in [0.1, 0.15) is 0 Å². The van der Waals surface area contributed by atoms with E-state index in [0.29, 0.717) is 19.1 Å². The van der Waals surface area contributed by atoms with Crippen LogP contribution < -0.4 is 4.90 Å². The molecule has 0 radical (unpaired) electrons. The van der Waals surface area contributed by atoms with Crippen LogP contribution >= 0.6 is 11.3 Å². The molecule has 1 aromatic rings. The number of fused-ring (bicyclic) bond motifs is 1. The van der Waals surface area contributed by atoms with Gasteiger partial charge in [-0.2, -0.15) is 0 Å². The Balaban J connectivity index is 1.83. The van der Waals surface area contributed by atoms with E-state index in [0.717, 1.165) is 35.1 Å². The number of anilines is 1. The van der Waals surface area contributed by atoms with Crippen molar-refractivity contribution in [1.29, 1.82) is 0 Å². The second-order valence-electron chi connectivity index (χ2n) is 4.97. The number of aryl methyl sites for hydroxylation is 1. The lowest BCUT2D eigenvalue weighted by atomic mass is 10.0. The third-order valence-corrected chi connectivity index (χ3v) is 4.70. The van der Waals surface area contributed by atoms with E-state index in [4.69, 9.17) is 4.74 Å². The van der Waals surface area contributed by atoms with Crippen LogP contribution in [-0.2, 0) is 11.2 Å². The highest BCUT2D eigenvalue weighted by Gasteiger charge is 2.32. The van der Waals surface area contributed by atoms with E-state index in [9.17, 15) is 4.79 Å². The largest absolute Gasteiger partial charge is 0.383 e. The van der Waals surface area contributed by atoms with Gasteiger partial charge < -0.3 is 9.64 Å². The zero-order chi connectivity index (χ0) is 12.5. The van der Waals surface area contributed by atoms with E-state index >= 15 is 0 Å². The topological polar surface area (TPSA) is 42.4 Å². The average Bonchev–Trinajstić information content (AvgIpc) is 3.09. The number of methoxy groups -OCH3 is 1. The van der Waals surface area contributed by atoms with Gasteiger partial charge in [0.2, 0.25) is 0 Å². The van der Waals surface area contributed by atoms with E-state index in [1.165, 1.54) is 12.8 Å². The lowest BCUT2D eigenvalue weighted by Crippen LogP contribution is -2.29. The lowest BCUT2D eigenvalue weighted by molar-refractivity contribution is 0.0976. The summed E-state index contributed by atoms with van der Waals surface area (Å²) in [5.74, 6) is 0.280. The zero-order valence-corrected chi connectivity index (χ0v) is 11.5. The summed E-state index contributed by atoms with van der Waals surface area (Å²) in [6.07, 6.45) is 5.08. The quantitative estimate of drug-likeness (QED) is 0.820. The first kappa shape index (κ1) is 12.1. The SMILES string of the molecule is COCCN(c1nc2c(s1)C(=O)CCC2)C1CC1. The molecule has 2 aliphatic carbocycles. The predicted molar refractivity (Wildman–Crippen MR) is 71.6 cm³/mol. The number of thiazole rings is 1. The molecule has 1 saturated carbocycles. The minimum Gasteiger partial charge on any atom is -0.383 e. The molecule has 0 atom stereocenters. The summed E-state index contributed by atoms with van der Waals surface area (Å²) in [5, 5.41) is 1.02. The van der Waals surface area contributed by atoms with Crippen molar-refractivity contribution in [2.45, 2.75) is 38.1 Å². The first-order chi connectivity index (χ1) is 8.79. The van der Waals surface area contributed by atoms with Crippen LogP contribution in [0.2, 0.25) is 0 Å². The molecule has 0 saturated heterocycles. The number of aromatic nitrogens is 1. The standard InChI is InChI=1S/C13H18N2O2S/c1-17-8-7-15(9-5-6-9)13-14-10-3-2-4-11(16)12(10)18-13/h9H,2-8H2,1H3. The molecule has 5 heteroatoms. The van der Waals surface area contributed by atoms with Gasteiger partial charge in [-0.3, -0.25) is 4.79 Å². The molecule has 18 heavy (non-hydrogen) atoms. The fraction of sp³-hybridized carbons (Fsp3) is 0.692. The molecule has 0 N–H and O–H groups in total. The first-order valence-corrected chi connectivity index (χ1v) is 7.39. The van der Waals surface area contributed by atoms with E-state index in [1.54, 1.807) is 18.4 Å². The molecule has 0 amide bonds. The number of Topliss-reactive ketones (excluding diaryl/α,β-unsaturated/α-hetero) is 1. The Morgan fingerprint density at radius 2 is 2.28 bits per heavy atom. The Hall–Kier alpha value is -0.940. The van der Waals surface area contributed by atoms with Gasteiger partial charge in [0.15, 0.2) is 10.9 Å². The fourth-order valence-electron chi connectivity index (χ4n) is 2.39. The molecule has 4 nitrogen and oxygen atoms in total. The normalized spacial score (nSPS) is 18.8. The lowest BCUT2D eigenvalue weighted by Gasteiger charge is -2.20. The molecule has 1 heterocycles. The van der Waals surface area contributed by atoms with Crippen LogP contribution in [0.25, 0.3) is 0 Å². The maximum atomic E-state index is 11.8. The van der Waals surface area contributed by atoms with Crippen molar-refractivity contribution in [2.75, 3.05) is 25.2 Å². The molecular weight excluding hydrogens is 248 g/mol. The van der Waals surface area contributed by atoms with Gasteiger partial charge in [0.25, 0.3) is 0 Å². The van der Waals surface area contributed by atoms with Gasteiger partial charge in [0, 0.05) is 26.1 Å². The maximum absolute atomic E-state index is 11.8. The number of ketones is 1. The molecule has 98 valence electrons. The third-order valence-electron chi connectivity index (χ3n) is 3.53. The monoisotopic (exact) mass is 266 g/mol. The highest BCUT2D eigenvalue weighted by Crippen LogP contribution is 2.37. The first-order valence-electron chi connectivity index (χ1n) is 6.58. The van der Waals surface area contributed by atoms with Gasteiger partial charge in [0.05, 0.1) is 17.2 Å². The molecule has 2 aliphatic rings. The molecule has 0 unspecified atom stereocenters. The number of nitrogens with zero attached hydrogens (tertiary/aromatic N) is 2. The Kier molecular flexibility index (Phi) is 3.35. The highest BCUT2D eigenvalue weighted by molar-refractivity contribution is 7.17. The summed E-state index contributed by atoms with van der Waals surface area (Å²) in [5.41, 5.74) is 1.02. The van der Waals surface area contributed by atoms with E-state index in [1.807, 2.05) is 0 Å². The van der Waals surface area contributed by atoms with Gasteiger partial charge in [-0.25, -0.2) is 4.98 Å². The molecule has 0 spiro atoms. The van der Waals surface area contributed by atoms with Crippen LogP contribution in [0.1, 0.15) is 41.0 Å². The summed E-state index contributed by atoms with van der Waals surface area (Å²) in [6.45, 7) is 1.59. The Labute approximate surface area is 111 Å². The van der Waals surface area contributed by atoms with Gasteiger partial charge in [-0.15, -0.1) is 0 Å². The predicted octanol–water partition coefficient (Wildman–Crippen LogP) is 2.28. The highest BCUT2D eigenvalue weighted by atomic mass is 32.1. The van der Waals surface area contributed by atoms with Gasteiger partial charge in [-0.1, -0.05) is 11.3 Å². The number of ether oxygens (including phenoxy) is 1. The van der Waals surface area contributed by atoms with Crippen molar-refractivity contribution in [2.24, 2.45) is 0 Å². The Morgan fingerprint density at radius 1 is 1.44 bits per heavy atom. The summed E-state index contributed by atoms with van der Waals surface area (Å²) in [4.78, 5) is 19.8.